The Hall–Kier alpha value is -0.480. The molecule has 0 rings (SSSR count). The summed E-state index contributed by atoms with van der Waals surface area (Å²) in [6.45, 7) is 4.82. The van der Waals surface area contributed by atoms with Crippen molar-refractivity contribution in [3.05, 3.63) is 10.9 Å². The van der Waals surface area contributed by atoms with E-state index in [4.69, 9.17) is 17.3 Å². The second-order valence-corrected chi connectivity index (χ2v) is 2.45. The maximum Gasteiger partial charge on any atom is 0.157 e. The van der Waals surface area contributed by atoms with Crippen molar-refractivity contribution in [2.24, 2.45) is 15.7 Å². The van der Waals surface area contributed by atoms with Crippen molar-refractivity contribution in [1.82, 2.24) is 0 Å². The summed E-state index contributed by atoms with van der Waals surface area (Å²) < 4.78 is 0. The zero-order valence-corrected chi connectivity index (χ0v) is 7.15. The van der Waals surface area contributed by atoms with E-state index in [2.05, 4.69) is 29.3 Å². The van der Waals surface area contributed by atoms with E-state index in [0.29, 0.717) is 5.17 Å². The molecule has 0 atom stereocenters. The van der Waals surface area contributed by atoms with Crippen molar-refractivity contribution in [1.29, 1.82) is 0 Å². The number of nitrogens with zero attached hydrogens (tertiary/aromatic N) is 2. The Bertz CT molecular complexity index is 193. The Kier molecular flexibility index (Phi) is 4.14. The van der Waals surface area contributed by atoms with Gasteiger partial charge in [-0.15, -0.1) is 12.6 Å². The fraction of sp³-hybridized carbons (Fsp3) is 0.200. The minimum absolute atomic E-state index is 0.172. The minimum atomic E-state index is 0.172. The second-order valence-electron chi connectivity index (χ2n) is 1.48. The molecule has 0 amide bonds. The molecule has 0 spiro atoms. The lowest BCUT2D eigenvalue weighted by Gasteiger charge is -1.93. The van der Waals surface area contributed by atoms with Crippen molar-refractivity contribution in [2.45, 2.75) is 6.92 Å². The summed E-state index contributed by atoms with van der Waals surface area (Å²) in [4.78, 5) is 7.12. The van der Waals surface area contributed by atoms with Gasteiger partial charge in [-0.2, -0.15) is 0 Å². The number of aliphatic imine (C=N–C) groups is 2. The maximum atomic E-state index is 5.41. The highest BCUT2D eigenvalue weighted by Gasteiger charge is 1.92. The lowest BCUT2D eigenvalue weighted by molar-refractivity contribution is 1.21. The van der Waals surface area contributed by atoms with Crippen LogP contribution in [0.25, 0.3) is 0 Å². The Morgan fingerprint density at radius 1 is 1.70 bits per heavy atom. The van der Waals surface area contributed by atoms with Crippen LogP contribution >= 0.6 is 24.2 Å². The summed E-state index contributed by atoms with van der Waals surface area (Å²) in [5.41, 5.74) is 5.33. The molecule has 0 unspecified atom stereocenters. The van der Waals surface area contributed by atoms with Gasteiger partial charge in [0.25, 0.3) is 0 Å². The first-order chi connectivity index (χ1) is 4.57. The van der Waals surface area contributed by atoms with Gasteiger partial charge in [-0.05, 0) is 13.6 Å². The zero-order chi connectivity index (χ0) is 8.15. The molecule has 0 fully saturated rings. The van der Waals surface area contributed by atoms with Crippen LogP contribution < -0.4 is 5.73 Å². The van der Waals surface area contributed by atoms with Gasteiger partial charge in [-0.25, -0.2) is 4.99 Å². The normalized spacial score (nSPS) is 14.5. The summed E-state index contributed by atoms with van der Waals surface area (Å²) in [5.74, 6) is 0.172. The first kappa shape index (κ1) is 9.52. The highest BCUT2D eigenvalue weighted by atomic mass is 35.5. The molecule has 0 saturated carbocycles. The molecular weight excluding hydrogens is 170 g/mol. The monoisotopic (exact) mass is 177 g/mol. The summed E-state index contributed by atoms with van der Waals surface area (Å²) >= 11 is 9.27. The molecule has 56 valence electrons. The lowest BCUT2D eigenvalue weighted by Crippen LogP contribution is -1.96. The molecule has 0 aliphatic heterocycles. The van der Waals surface area contributed by atoms with Gasteiger partial charge < -0.3 is 5.73 Å². The molecule has 0 aromatic heterocycles. The Labute approximate surface area is 70.1 Å². The van der Waals surface area contributed by atoms with Crippen molar-refractivity contribution in [2.75, 3.05) is 0 Å². The van der Waals surface area contributed by atoms with E-state index >= 15 is 0 Å². The third-order valence-electron chi connectivity index (χ3n) is 0.653. The Morgan fingerprint density at radius 2 is 2.20 bits per heavy atom. The number of halogens is 1. The highest BCUT2D eigenvalue weighted by Crippen LogP contribution is 2.06. The van der Waals surface area contributed by atoms with Crippen molar-refractivity contribution in [3.8, 4) is 0 Å². The molecule has 10 heavy (non-hydrogen) atoms. The molecule has 0 heterocycles. The predicted molar refractivity (Wildman–Crippen MR) is 48.7 cm³/mol. The molecule has 0 aliphatic carbocycles. The first-order valence-corrected chi connectivity index (χ1v) is 3.26. The number of nitrogens with two attached hydrogens (primary N) is 1. The molecular formula is C5H8ClN3S. The number of hydrogen-bond acceptors (Lipinski definition) is 4. The molecule has 0 aromatic rings. The van der Waals surface area contributed by atoms with Gasteiger partial charge in [0.1, 0.15) is 10.2 Å². The van der Waals surface area contributed by atoms with Crippen molar-refractivity contribution in [3.63, 3.8) is 0 Å². The SMILES string of the molecule is C=N/C(S)=C(N)\N=C(/C)Cl. The summed E-state index contributed by atoms with van der Waals surface area (Å²) in [6, 6.07) is 0. The third kappa shape index (κ3) is 3.53. The summed E-state index contributed by atoms with van der Waals surface area (Å²) in [7, 11) is 0. The van der Waals surface area contributed by atoms with Crippen LogP contribution in [0.4, 0.5) is 0 Å². The first-order valence-electron chi connectivity index (χ1n) is 2.44. The fourth-order valence-electron chi connectivity index (χ4n) is 0.297. The quantitative estimate of drug-likeness (QED) is 0.486. The standard InChI is InChI=1S/C5H8ClN3S/c1-3(6)9-4(7)5(10)8-2/h10H,2,7H2,1H3/b5-4+,9-3+. The van der Waals surface area contributed by atoms with E-state index in [1.807, 2.05) is 0 Å². The van der Waals surface area contributed by atoms with Gasteiger partial charge in [0.2, 0.25) is 0 Å². The predicted octanol–water partition coefficient (Wildman–Crippen LogP) is 1.36. The average Bonchev–Trinajstić information content (AvgIpc) is 1.85. The molecule has 3 nitrogen and oxygen atoms in total. The lowest BCUT2D eigenvalue weighted by atomic mass is 10.7. The van der Waals surface area contributed by atoms with Gasteiger partial charge >= 0.3 is 0 Å². The highest BCUT2D eigenvalue weighted by molar-refractivity contribution is 7.84. The van der Waals surface area contributed by atoms with Crippen molar-refractivity contribution >= 4 is 36.1 Å². The molecule has 0 bridgehead atoms. The van der Waals surface area contributed by atoms with Crippen LogP contribution in [0, 0.1) is 0 Å². The zero-order valence-electron chi connectivity index (χ0n) is 5.50. The van der Waals surface area contributed by atoms with Crippen LogP contribution in [0.3, 0.4) is 0 Å². The van der Waals surface area contributed by atoms with Gasteiger partial charge in [0.05, 0.1) is 0 Å². The molecule has 0 radical (unpaired) electrons. The average molecular weight is 178 g/mol. The number of rotatable bonds is 2. The molecule has 2 N–H and O–H groups in total. The number of thiol groups is 1. The smallest absolute Gasteiger partial charge is 0.157 e. The largest absolute Gasteiger partial charge is 0.381 e. The Balaban J connectivity index is 4.48. The van der Waals surface area contributed by atoms with Crippen molar-refractivity contribution < 1.29 is 0 Å². The van der Waals surface area contributed by atoms with Crippen LogP contribution in [-0.2, 0) is 0 Å². The minimum Gasteiger partial charge on any atom is -0.381 e. The van der Waals surface area contributed by atoms with Gasteiger partial charge in [0.15, 0.2) is 5.82 Å². The van der Waals surface area contributed by atoms with E-state index in [0.717, 1.165) is 0 Å². The van der Waals surface area contributed by atoms with E-state index in [-0.39, 0.29) is 10.9 Å². The van der Waals surface area contributed by atoms with Gasteiger partial charge in [0, 0.05) is 0 Å². The van der Waals surface area contributed by atoms with Gasteiger partial charge in [-0.1, -0.05) is 11.6 Å². The third-order valence-corrected chi connectivity index (χ3v) is 1.11. The Morgan fingerprint density at radius 3 is 2.50 bits per heavy atom. The summed E-state index contributed by atoms with van der Waals surface area (Å²) in [6.07, 6.45) is 0. The fourth-order valence-corrected chi connectivity index (χ4v) is 0.438. The van der Waals surface area contributed by atoms with Crippen LogP contribution in [-0.4, -0.2) is 11.9 Å². The topological polar surface area (TPSA) is 50.7 Å². The molecule has 0 aliphatic rings. The van der Waals surface area contributed by atoms with Crippen LogP contribution in [0.5, 0.6) is 0 Å². The van der Waals surface area contributed by atoms with Crippen LogP contribution in [0.1, 0.15) is 6.92 Å². The summed E-state index contributed by atoms with van der Waals surface area (Å²) in [5, 5.41) is 0.618. The van der Waals surface area contributed by atoms with Crippen LogP contribution in [0.15, 0.2) is 20.8 Å². The van der Waals surface area contributed by atoms with E-state index in [1.54, 1.807) is 6.92 Å². The second kappa shape index (κ2) is 4.35. The van der Waals surface area contributed by atoms with E-state index in [9.17, 15) is 0 Å². The van der Waals surface area contributed by atoms with Crippen LogP contribution in [0.2, 0.25) is 0 Å². The molecule has 0 aromatic carbocycles. The molecule has 0 saturated heterocycles. The number of hydrogen-bond donors (Lipinski definition) is 2. The molecule has 5 heteroatoms. The van der Waals surface area contributed by atoms with Gasteiger partial charge in [-0.3, -0.25) is 4.99 Å². The maximum absolute atomic E-state index is 5.41. The van der Waals surface area contributed by atoms with E-state index in [1.165, 1.54) is 0 Å². The van der Waals surface area contributed by atoms with E-state index < -0.39 is 0 Å².